The predicted molar refractivity (Wildman–Crippen MR) is 124 cm³/mol. The molecule has 5 nitrogen and oxygen atoms in total. The summed E-state index contributed by atoms with van der Waals surface area (Å²) >= 11 is 0. The van der Waals surface area contributed by atoms with Crippen LogP contribution in [0, 0.1) is 13.8 Å². The van der Waals surface area contributed by atoms with Crippen LogP contribution < -0.4 is 10.1 Å². The molecular formula is C26H27N3O2. The van der Waals surface area contributed by atoms with Crippen molar-refractivity contribution in [3.63, 3.8) is 0 Å². The molecule has 158 valence electrons. The van der Waals surface area contributed by atoms with Crippen molar-refractivity contribution in [1.82, 2.24) is 9.38 Å². The summed E-state index contributed by atoms with van der Waals surface area (Å²) < 4.78 is 7.92. The van der Waals surface area contributed by atoms with E-state index >= 15 is 0 Å². The van der Waals surface area contributed by atoms with E-state index in [9.17, 15) is 4.79 Å². The van der Waals surface area contributed by atoms with Crippen LogP contribution in [0.4, 0.5) is 5.69 Å². The maximum atomic E-state index is 12.9. The van der Waals surface area contributed by atoms with E-state index in [1.54, 1.807) is 12.1 Å². The summed E-state index contributed by atoms with van der Waals surface area (Å²) in [7, 11) is 0. The van der Waals surface area contributed by atoms with E-state index < -0.39 is 0 Å². The van der Waals surface area contributed by atoms with E-state index in [1.807, 2.05) is 67.0 Å². The molecule has 5 heteroatoms. The Morgan fingerprint density at radius 1 is 1.06 bits per heavy atom. The molecule has 0 aliphatic carbocycles. The molecule has 1 amide bonds. The average molecular weight is 414 g/mol. The Balaban J connectivity index is 1.49. The second kappa shape index (κ2) is 8.64. The Kier molecular flexibility index (Phi) is 5.76. The number of nitrogens with one attached hydrogen (secondary N) is 1. The van der Waals surface area contributed by atoms with Gasteiger partial charge in [-0.2, -0.15) is 0 Å². The largest absolute Gasteiger partial charge is 0.487 e. The van der Waals surface area contributed by atoms with E-state index in [2.05, 4.69) is 30.2 Å². The number of aromatic nitrogens is 2. The quantitative estimate of drug-likeness (QED) is 0.428. The van der Waals surface area contributed by atoms with Crippen LogP contribution in [0.3, 0.4) is 0 Å². The van der Waals surface area contributed by atoms with Gasteiger partial charge in [-0.15, -0.1) is 0 Å². The highest BCUT2D eigenvalue weighted by Gasteiger charge is 2.14. The number of amides is 1. The van der Waals surface area contributed by atoms with Crippen molar-refractivity contribution in [1.29, 1.82) is 0 Å². The highest BCUT2D eigenvalue weighted by Crippen LogP contribution is 2.28. The molecule has 0 aliphatic heterocycles. The van der Waals surface area contributed by atoms with Crippen LogP contribution in [-0.2, 0) is 6.61 Å². The molecule has 0 fully saturated rings. The van der Waals surface area contributed by atoms with Gasteiger partial charge in [0.05, 0.1) is 5.69 Å². The normalized spacial score (nSPS) is 11.1. The number of hydrogen-bond acceptors (Lipinski definition) is 3. The number of para-hydroxylation sites is 1. The molecule has 0 saturated carbocycles. The molecule has 2 aromatic heterocycles. The van der Waals surface area contributed by atoms with Gasteiger partial charge in [0.25, 0.3) is 5.91 Å². The van der Waals surface area contributed by atoms with Crippen LogP contribution in [-0.4, -0.2) is 15.3 Å². The summed E-state index contributed by atoms with van der Waals surface area (Å²) in [6, 6.07) is 17.4. The van der Waals surface area contributed by atoms with Crippen LogP contribution in [0.1, 0.15) is 52.5 Å². The summed E-state index contributed by atoms with van der Waals surface area (Å²) in [5.74, 6) is 0.805. The molecule has 0 spiro atoms. The minimum Gasteiger partial charge on any atom is -0.487 e. The fourth-order valence-electron chi connectivity index (χ4n) is 3.69. The SMILES string of the molecule is Cc1cccc(C(C)C)c1NC(=O)c1cccc(OCc2cn3cccc(C)c3n2)c1. The van der Waals surface area contributed by atoms with Gasteiger partial charge in [-0.3, -0.25) is 4.79 Å². The molecular weight excluding hydrogens is 386 g/mol. The first-order chi connectivity index (χ1) is 14.9. The number of anilines is 1. The Hall–Kier alpha value is -3.60. The second-order valence-electron chi connectivity index (χ2n) is 8.12. The van der Waals surface area contributed by atoms with Gasteiger partial charge in [0, 0.05) is 23.6 Å². The molecule has 2 aromatic carbocycles. The highest BCUT2D eigenvalue weighted by molar-refractivity contribution is 6.05. The van der Waals surface area contributed by atoms with Crippen molar-refractivity contribution >= 4 is 17.2 Å². The van der Waals surface area contributed by atoms with Gasteiger partial charge < -0.3 is 14.5 Å². The molecule has 0 saturated heterocycles. The van der Waals surface area contributed by atoms with Crippen LogP contribution in [0.5, 0.6) is 5.75 Å². The van der Waals surface area contributed by atoms with E-state index in [4.69, 9.17) is 4.74 Å². The Morgan fingerprint density at radius 3 is 2.61 bits per heavy atom. The zero-order valence-electron chi connectivity index (χ0n) is 18.3. The number of aryl methyl sites for hydroxylation is 2. The summed E-state index contributed by atoms with van der Waals surface area (Å²) in [5, 5.41) is 3.09. The van der Waals surface area contributed by atoms with Gasteiger partial charge in [-0.1, -0.05) is 44.2 Å². The smallest absolute Gasteiger partial charge is 0.255 e. The van der Waals surface area contributed by atoms with Crippen molar-refractivity contribution in [2.24, 2.45) is 0 Å². The predicted octanol–water partition coefficient (Wildman–Crippen LogP) is 5.91. The van der Waals surface area contributed by atoms with Gasteiger partial charge in [0.2, 0.25) is 0 Å². The molecule has 0 unspecified atom stereocenters. The van der Waals surface area contributed by atoms with Crippen LogP contribution in [0.15, 0.2) is 67.0 Å². The van der Waals surface area contributed by atoms with Gasteiger partial charge in [0.1, 0.15) is 18.0 Å². The lowest BCUT2D eigenvalue weighted by Gasteiger charge is -2.16. The maximum Gasteiger partial charge on any atom is 0.255 e. The van der Waals surface area contributed by atoms with Gasteiger partial charge in [0.15, 0.2) is 0 Å². The zero-order chi connectivity index (χ0) is 22.0. The van der Waals surface area contributed by atoms with Gasteiger partial charge in [-0.05, 0) is 60.7 Å². The standard InChI is InChI=1S/C26H27N3O2/c1-17(2)23-12-5-8-18(3)24(23)28-26(30)20-10-6-11-22(14-20)31-16-21-15-29-13-7-9-19(4)25(29)27-21/h5-15,17H,16H2,1-4H3,(H,28,30). The number of carbonyl (C=O) groups excluding carboxylic acids is 1. The molecule has 4 rings (SSSR count). The molecule has 0 atom stereocenters. The number of hydrogen-bond donors (Lipinski definition) is 1. The molecule has 31 heavy (non-hydrogen) atoms. The van der Waals surface area contributed by atoms with Crippen LogP contribution >= 0.6 is 0 Å². The van der Waals surface area contributed by atoms with Crippen molar-refractivity contribution in [3.8, 4) is 5.75 Å². The van der Waals surface area contributed by atoms with Gasteiger partial charge in [-0.25, -0.2) is 4.98 Å². The zero-order valence-corrected chi connectivity index (χ0v) is 18.3. The van der Waals surface area contributed by atoms with Crippen molar-refractivity contribution in [2.75, 3.05) is 5.32 Å². The summed E-state index contributed by atoms with van der Waals surface area (Å²) in [5.41, 5.74) is 6.50. The first-order valence-corrected chi connectivity index (χ1v) is 10.5. The Bertz CT molecular complexity index is 1240. The number of rotatable bonds is 6. The van der Waals surface area contributed by atoms with Crippen LogP contribution in [0.2, 0.25) is 0 Å². The molecule has 0 aliphatic rings. The lowest BCUT2D eigenvalue weighted by molar-refractivity contribution is 0.102. The van der Waals surface area contributed by atoms with Gasteiger partial charge >= 0.3 is 0 Å². The van der Waals surface area contributed by atoms with E-state index in [1.165, 1.54) is 0 Å². The number of fused-ring (bicyclic) bond motifs is 1. The number of benzene rings is 2. The van der Waals surface area contributed by atoms with Crippen LogP contribution in [0.25, 0.3) is 5.65 Å². The number of pyridine rings is 1. The number of carbonyl (C=O) groups is 1. The maximum absolute atomic E-state index is 12.9. The Labute approximate surface area is 182 Å². The third-order valence-corrected chi connectivity index (χ3v) is 5.38. The second-order valence-corrected chi connectivity index (χ2v) is 8.12. The average Bonchev–Trinajstić information content (AvgIpc) is 3.18. The molecule has 1 N–H and O–H groups in total. The van der Waals surface area contributed by atoms with E-state index in [0.717, 1.165) is 33.7 Å². The third-order valence-electron chi connectivity index (χ3n) is 5.38. The van der Waals surface area contributed by atoms with E-state index in [-0.39, 0.29) is 5.91 Å². The first kappa shape index (κ1) is 20.7. The topological polar surface area (TPSA) is 55.6 Å². The number of imidazole rings is 1. The van der Waals surface area contributed by atoms with E-state index in [0.29, 0.717) is 23.8 Å². The number of nitrogens with zero attached hydrogens (tertiary/aromatic N) is 2. The lowest BCUT2D eigenvalue weighted by Crippen LogP contribution is -2.15. The summed E-state index contributed by atoms with van der Waals surface area (Å²) in [6.07, 6.45) is 3.94. The third kappa shape index (κ3) is 4.45. The summed E-state index contributed by atoms with van der Waals surface area (Å²) in [4.78, 5) is 17.6. The first-order valence-electron chi connectivity index (χ1n) is 10.5. The van der Waals surface area contributed by atoms with Crippen molar-refractivity contribution in [2.45, 2.75) is 40.2 Å². The minimum atomic E-state index is -0.148. The highest BCUT2D eigenvalue weighted by atomic mass is 16.5. The fraction of sp³-hybridized carbons (Fsp3) is 0.231. The van der Waals surface area contributed by atoms with Crippen molar-refractivity contribution in [3.05, 3.63) is 94.9 Å². The van der Waals surface area contributed by atoms with Crippen molar-refractivity contribution < 1.29 is 9.53 Å². The Morgan fingerprint density at radius 2 is 1.84 bits per heavy atom. The number of ether oxygens (including phenoxy) is 1. The molecule has 4 aromatic rings. The minimum absolute atomic E-state index is 0.148. The monoisotopic (exact) mass is 413 g/mol. The fourth-order valence-corrected chi connectivity index (χ4v) is 3.69. The lowest BCUT2D eigenvalue weighted by atomic mass is 9.98. The summed E-state index contributed by atoms with van der Waals surface area (Å²) in [6.45, 7) is 8.63. The molecule has 0 bridgehead atoms. The molecule has 2 heterocycles. The molecule has 0 radical (unpaired) electrons.